The summed E-state index contributed by atoms with van der Waals surface area (Å²) in [6.07, 6.45) is 1.75. The molecule has 0 bridgehead atoms. The van der Waals surface area contributed by atoms with Gasteiger partial charge in [0.15, 0.2) is 0 Å². The summed E-state index contributed by atoms with van der Waals surface area (Å²) in [6, 6.07) is 0. The third-order valence-electron chi connectivity index (χ3n) is 1.68. The summed E-state index contributed by atoms with van der Waals surface area (Å²) in [5, 5.41) is 8.50. The minimum absolute atomic E-state index is 0.0433. The van der Waals surface area contributed by atoms with Crippen LogP contribution in [-0.2, 0) is 16.6 Å². The van der Waals surface area contributed by atoms with Crippen molar-refractivity contribution in [2.24, 2.45) is 0 Å². The van der Waals surface area contributed by atoms with E-state index in [4.69, 9.17) is 9.52 Å². The Balaban J connectivity index is 2.42. The largest absolute Gasteiger partial charge is 0.445 e. The van der Waals surface area contributed by atoms with Crippen molar-refractivity contribution in [2.75, 3.05) is 12.4 Å². The Morgan fingerprint density at radius 2 is 2.33 bits per heavy atom. The molecule has 0 spiro atoms. The number of aliphatic hydroxyl groups is 1. The minimum atomic E-state index is -3.34. The van der Waals surface area contributed by atoms with Gasteiger partial charge in [-0.25, -0.2) is 18.1 Å². The Labute approximate surface area is 88.4 Å². The van der Waals surface area contributed by atoms with E-state index >= 15 is 0 Å². The first-order chi connectivity index (χ1) is 7.03. The van der Waals surface area contributed by atoms with Crippen LogP contribution < -0.4 is 4.72 Å². The number of aliphatic hydroxyl groups excluding tert-OH is 1. The Morgan fingerprint density at radius 3 is 2.87 bits per heavy atom. The van der Waals surface area contributed by atoms with E-state index in [0.717, 1.165) is 0 Å². The van der Waals surface area contributed by atoms with E-state index < -0.39 is 10.0 Å². The van der Waals surface area contributed by atoms with Gasteiger partial charge in [-0.05, 0) is 13.3 Å². The number of oxazole rings is 1. The fourth-order valence-corrected chi connectivity index (χ4v) is 1.98. The molecule has 0 fully saturated rings. The summed E-state index contributed by atoms with van der Waals surface area (Å²) in [4.78, 5) is 3.86. The number of hydrogen-bond acceptors (Lipinski definition) is 5. The smallest absolute Gasteiger partial charge is 0.212 e. The van der Waals surface area contributed by atoms with Gasteiger partial charge in [0, 0.05) is 6.61 Å². The number of nitrogens with zero attached hydrogens (tertiary/aromatic N) is 1. The first-order valence-electron chi connectivity index (χ1n) is 4.53. The van der Waals surface area contributed by atoms with Crippen LogP contribution in [0.5, 0.6) is 0 Å². The molecule has 0 atom stereocenters. The number of hydrogen-bond donors (Lipinski definition) is 2. The maximum Gasteiger partial charge on any atom is 0.212 e. The lowest BCUT2D eigenvalue weighted by molar-refractivity contribution is 0.295. The zero-order chi connectivity index (χ0) is 11.3. The molecule has 0 saturated carbocycles. The molecule has 1 heterocycles. The predicted molar refractivity (Wildman–Crippen MR) is 53.6 cm³/mol. The molecular weight excluding hydrogens is 220 g/mol. The zero-order valence-corrected chi connectivity index (χ0v) is 9.25. The van der Waals surface area contributed by atoms with Gasteiger partial charge in [-0.2, -0.15) is 0 Å². The van der Waals surface area contributed by atoms with E-state index in [1.807, 2.05) is 0 Å². The number of nitrogens with one attached hydrogen (secondary N) is 1. The van der Waals surface area contributed by atoms with Crippen LogP contribution in [0.15, 0.2) is 10.6 Å². The summed E-state index contributed by atoms with van der Waals surface area (Å²) in [7, 11) is -3.34. The van der Waals surface area contributed by atoms with Crippen LogP contribution >= 0.6 is 0 Å². The van der Waals surface area contributed by atoms with E-state index in [-0.39, 0.29) is 25.3 Å². The molecule has 0 aliphatic carbocycles. The van der Waals surface area contributed by atoms with Crippen molar-refractivity contribution in [3.63, 3.8) is 0 Å². The lowest BCUT2D eigenvalue weighted by Gasteiger charge is -2.02. The molecular formula is C8H14N2O4S. The highest BCUT2D eigenvalue weighted by Gasteiger charge is 2.10. The Bertz CT molecular complexity index is 399. The van der Waals surface area contributed by atoms with E-state index in [1.165, 1.54) is 6.20 Å². The van der Waals surface area contributed by atoms with Gasteiger partial charge in [-0.3, -0.25) is 0 Å². The summed E-state index contributed by atoms with van der Waals surface area (Å²) >= 11 is 0. The highest BCUT2D eigenvalue weighted by atomic mass is 32.2. The lowest BCUT2D eigenvalue weighted by atomic mass is 10.5. The molecule has 6 nitrogen and oxygen atoms in total. The molecule has 1 rings (SSSR count). The quantitative estimate of drug-likeness (QED) is 0.710. The third-order valence-corrected chi connectivity index (χ3v) is 3.09. The van der Waals surface area contributed by atoms with Gasteiger partial charge in [0.25, 0.3) is 0 Å². The predicted octanol–water partition coefficient (Wildman–Crippen LogP) is -0.215. The molecule has 1 aromatic heterocycles. The lowest BCUT2D eigenvalue weighted by Crippen LogP contribution is -2.26. The average Bonchev–Trinajstić information content (AvgIpc) is 2.59. The molecule has 7 heteroatoms. The summed E-state index contributed by atoms with van der Waals surface area (Å²) in [6.45, 7) is 1.64. The molecule has 0 amide bonds. The molecule has 0 aliphatic heterocycles. The Kier molecular flexibility index (Phi) is 4.25. The van der Waals surface area contributed by atoms with E-state index in [2.05, 4.69) is 9.71 Å². The third kappa shape index (κ3) is 4.41. The second-order valence-corrected chi connectivity index (χ2v) is 5.01. The normalized spacial score (nSPS) is 11.9. The van der Waals surface area contributed by atoms with Gasteiger partial charge in [0.05, 0.1) is 18.5 Å². The van der Waals surface area contributed by atoms with Gasteiger partial charge in [0.2, 0.25) is 15.9 Å². The zero-order valence-electron chi connectivity index (χ0n) is 8.43. The molecule has 1 aromatic rings. The standard InChI is InChI=1S/C8H14N2O4S/c1-7-5-9-8(14-7)6-10-15(12,13)4-2-3-11/h5,10-11H,2-4,6H2,1H3. The summed E-state index contributed by atoms with van der Waals surface area (Å²) < 4.78 is 30.0. The summed E-state index contributed by atoms with van der Waals surface area (Å²) in [5.41, 5.74) is 0. The molecule has 0 aromatic carbocycles. The Morgan fingerprint density at radius 1 is 1.60 bits per heavy atom. The van der Waals surface area contributed by atoms with Crippen molar-refractivity contribution >= 4 is 10.0 Å². The van der Waals surface area contributed by atoms with Crippen LogP contribution in [0.4, 0.5) is 0 Å². The number of sulfonamides is 1. The molecule has 15 heavy (non-hydrogen) atoms. The van der Waals surface area contributed by atoms with Gasteiger partial charge in [-0.15, -0.1) is 0 Å². The molecule has 0 radical (unpaired) electrons. The summed E-state index contributed by atoms with van der Waals surface area (Å²) in [5.74, 6) is 0.878. The van der Waals surface area contributed by atoms with Crippen molar-refractivity contribution in [2.45, 2.75) is 19.9 Å². The topological polar surface area (TPSA) is 92.4 Å². The van der Waals surface area contributed by atoms with Crippen molar-refractivity contribution in [1.29, 1.82) is 0 Å². The Hall–Kier alpha value is -0.920. The van der Waals surface area contributed by atoms with Gasteiger partial charge >= 0.3 is 0 Å². The highest BCUT2D eigenvalue weighted by Crippen LogP contribution is 2.01. The van der Waals surface area contributed by atoms with Crippen LogP contribution in [0, 0.1) is 6.92 Å². The average molecular weight is 234 g/mol. The molecule has 0 unspecified atom stereocenters. The van der Waals surface area contributed by atoms with Crippen molar-refractivity contribution in [3.8, 4) is 0 Å². The van der Waals surface area contributed by atoms with Crippen LogP contribution in [0.3, 0.4) is 0 Å². The molecule has 2 N–H and O–H groups in total. The second-order valence-electron chi connectivity index (χ2n) is 3.08. The number of aromatic nitrogens is 1. The van der Waals surface area contributed by atoms with E-state index in [0.29, 0.717) is 11.7 Å². The highest BCUT2D eigenvalue weighted by molar-refractivity contribution is 7.89. The molecule has 0 saturated heterocycles. The fraction of sp³-hybridized carbons (Fsp3) is 0.625. The van der Waals surface area contributed by atoms with E-state index in [1.54, 1.807) is 6.92 Å². The number of aryl methyl sites for hydroxylation is 1. The second kappa shape index (κ2) is 5.24. The monoisotopic (exact) mass is 234 g/mol. The van der Waals surface area contributed by atoms with Crippen LogP contribution in [0.1, 0.15) is 18.1 Å². The van der Waals surface area contributed by atoms with Gasteiger partial charge in [0.1, 0.15) is 5.76 Å². The van der Waals surface area contributed by atoms with Crippen LogP contribution in [0.2, 0.25) is 0 Å². The first-order valence-corrected chi connectivity index (χ1v) is 6.18. The van der Waals surface area contributed by atoms with Gasteiger partial charge < -0.3 is 9.52 Å². The molecule has 0 aliphatic rings. The van der Waals surface area contributed by atoms with E-state index in [9.17, 15) is 8.42 Å². The SMILES string of the molecule is Cc1cnc(CNS(=O)(=O)CCCO)o1. The van der Waals surface area contributed by atoms with Crippen molar-refractivity contribution < 1.29 is 17.9 Å². The number of rotatable bonds is 6. The molecule has 86 valence electrons. The minimum Gasteiger partial charge on any atom is -0.445 e. The van der Waals surface area contributed by atoms with Crippen LogP contribution in [0.25, 0.3) is 0 Å². The fourth-order valence-electron chi connectivity index (χ4n) is 0.982. The maximum atomic E-state index is 11.3. The van der Waals surface area contributed by atoms with Gasteiger partial charge in [-0.1, -0.05) is 0 Å². The van der Waals surface area contributed by atoms with Crippen molar-refractivity contribution in [3.05, 3.63) is 17.8 Å². The van der Waals surface area contributed by atoms with Crippen LogP contribution in [-0.4, -0.2) is 30.9 Å². The maximum absolute atomic E-state index is 11.3. The van der Waals surface area contributed by atoms with Crippen molar-refractivity contribution in [1.82, 2.24) is 9.71 Å². The first kappa shape index (κ1) is 12.2.